The highest BCUT2D eigenvalue weighted by Gasteiger charge is 2.08. The molecule has 1 N–H and O–H groups in total. The highest BCUT2D eigenvalue weighted by atomic mass is 32.1. The second kappa shape index (κ2) is 7.54. The maximum atomic E-state index is 11.7. The number of fused-ring (bicyclic) bond motifs is 1. The lowest BCUT2D eigenvalue weighted by Crippen LogP contribution is -2.24. The van der Waals surface area contributed by atoms with Crippen molar-refractivity contribution in [1.29, 1.82) is 0 Å². The van der Waals surface area contributed by atoms with E-state index in [0.29, 0.717) is 10.6 Å². The topological polar surface area (TPSA) is 93.8 Å². The summed E-state index contributed by atoms with van der Waals surface area (Å²) in [6, 6.07) is 16.4. The molecule has 0 fully saturated rings. The fourth-order valence-corrected chi connectivity index (χ4v) is 2.81. The van der Waals surface area contributed by atoms with E-state index in [1.54, 1.807) is 12.1 Å². The molecule has 25 heavy (non-hydrogen) atoms. The number of benzene rings is 2. The molecule has 126 valence electrons. The van der Waals surface area contributed by atoms with Gasteiger partial charge in [-0.2, -0.15) is 5.10 Å². The predicted molar refractivity (Wildman–Crippen MR) is 96.2 cm³/mol. The average Bonchev–Trinajstić information content (AvgIpc) is 3.09. The zero-order valence-corrected chi connectivity index (χ0v) is 13.7. The first-order valence-electron chi connectivity index (χ1n) is 7.29. The van der Waals surface area contributed by atoms with E-state index in [1.807, 2.05) is 36.4 Å². The van der Waals surface area contributed by atoms with Crippen LogP contribution in [0.2, 0.25) is 0 Å². The van der Waals surface area contributed by atoms with Gasteiger partial charge in [0, 0.05) is 6.07 Å². The van der Waals surface area contributed by atoms with Crippen molar-refractivity contribution < 1.29 is 14.5 Å². The number of carbonyl (C=O) groups is 1. The minimum absolute atomic E-state index is 0.0208. The Morgan fingerprint density at radius 1 is 1.20 bits per heavy atom. The Bertz CT molecular complexity index is 952. The van der Waals surface area contributed by atoms with E-state index in [1.165, 1.54) is 12.3 Å². The van der Waals surface area contributed by atoms with Gasteiger partial charge in [-0.25, -0.2) is 5.43 Å². The van der Waals surface area contributed by atoms with Crippen LogP contribution in [0.4, 0.5) is 5.00 Å². The summed E-state index contributed by atoms with van der Waals surface area (Å²) in [4.78, 5) is 22.4. The third-order valence-electron chi connectivity index (χ3n) is 3.26. The molecule has 8 heteroatoms. The number of nitro groups is 1. The van der Waals surface area contributed by atoms with Gasteiger partial charge in [-0.1, -0.05) is 41.7 Å². The Morgan fingerprint density at radius 3 is 2.76 bits per heavy atom. The number of hydrazone groups is 1. The highest BCUT2D eigenvalue weighted by Crippen LogP contribution is 2.22. The fourth-order valence-electron chi connectivity index (χ4n) is 2.12. The van der Waals surface area contributed by atoms with Crippen LogP contribution >= 0.6 is 11.3 Å². The van der Waals surface area contributed by atoms with Crippen molar-refractivity contribution in [3.8, 4) is 5.75 Å². The molecule has 0 aliphatic heterocycles. The van der Waals surface area contributed by atoms with Gasteiger partial charge < -0.3 is 4.74 Å². The molecule has 0 atom stereocenters. The van der Waals surface area contributed by atoms with Crippen LogP contribution < -0.4 is 10.2 Å². The number of hydrogen-bond donors (Lipinski definition) is 1. The molecule has 0 radical (unpaired) electrons. The molecule has 0 bridgehead atoms. The Morgan fingerprint density at radius 2 is 2.00 bits per heavy atom. The zero-order valence-electron chi connectivity index (χ0n) is 12.9. The van der Waals surface area contributed by atoms with E-state index in [2.05, 4.69) is 10.5 Å². The van der Waals surface area contributed by atoms with E-state index in [9.17, 15) is 14.9 Å². The Kier molecular flexibility index (Phi) is 5.00. The average molecular weight is 355 g/mol. The van der Waals surface area contributed by atoms with Gasteiger partial charge in [-0.15, -0.1) is 0 Å². The van der Waals surface area contributed by atoms with Crippen LogP contribution in [-0.4, -0.2) is 23.7 Å². The normalized spacial score (nSPS) is 10.9. The molecule has 0 aliphatic rings. The number of nitrogens with one attached hydrogen (secondary N) is 1. The molecule has 0 saturated carbocycles. The first kappa shape index (κ1) is 16.6. The molecular formula is C17H13N3O4S. The number of nitrogens with zero attached hydrogens (tertiary/aromatic N) is 2. The smallest absolute Gasteiger partial charge is 0.324 e. The predicted octanol–water partition coefficient (Wildman–Crippen LogP) is 3.34. The zero-order chi connectivity index (χ0) is 17.6. The lowest BCUT2D eigenvalue weighted by Gasteiger charge is -2.06. The Labute approximate surface area is 146 Å². The highest BCUT2D eigenvalue weighted by molar-refractivity contribution is 7.16. The molecule has 7 nitrogen and oxygen atoms in total. The van der Waals surface area contributed by atoms with E-state index in [0.717, 1.165) is 22.1 Å². The van der Waals surface area contributed by atoms with Gasteiger partial charge in [-0.3, -0.25) is 14.9 Å². The largest absolute Gasteiger partial charge is 0.484 e. The van der Waals surface area contributed by atoms with E-state index in [4.69, 9.17) is 4.74 Å². The molecule has 1 heterocycles. The van der Waals surface area contributed by atoms with E-state index >= 15 is 0 Å². The minimum Gasteiger partial charge on any atom is -0.484 e. The monoisotopic (exact) mass is 355 g/mol. The van der Waals surface area contributed by atoms with E-state index in [-0.39, 0.29) is 11.6 Å². The van der Waals surface area contributed by atoms with Crippen molar-refractivity contribution in [3.05, 3.63) is 69.6 Å². The molecule has 1 amide bonds. The summed E-state index contributed by atoms with van der Waals surface area (Å²) < 4.78 is 5.44. The van der Waals surface area contributed by atoms with Crippen LogP contribution in [0.25, 0.3) is 10.8 Å². The van der Waals surface area contributed by atoms with Gasteiger partial charge in [0.05, 0.1) is 16.0 Å². The lowest BCUT2D eigenvalue weighted by molar-refractivity contribution is -0.380. The number of rotatable bonds is 6. The maximum Gasteiger partial charge on any atom is 0.324 e. The van der Waals surface area contributed by atoms with Crippen molar-refractivity contribution in [2.45, 2.75) is 0 Å². The summed E-state index contributed by atoms with van der Waals surface area (Å²) in [6.07, 6.45) is 1.35. The van der Waals surface area contributed by atoms with Crippen LogP contribution in [-0.2, 0) is 4.79 Å². The van der Waals surface area contributed by atoms with Gasteiger partial charge in [0.15, 0.2) is 6.61 Å². The van der Waals surface area contributed by atoms with Crippen LogP contribution in [0.15, 0.2) is 59.7 Å². The quantitative estimate of drug-likeness (QED) is 0.417. The molecule has 2 aromatic carbocycles. The Balaban J connectivity index is 1.51. The summed E-state index contributed by atoms with van der Waals surface area (Å²) in [5.41, 5.74) is 2.32. The first-order chi connectivity index (χ1) is 12.1. The van der Waals surface area contributed by atoms with Crippen LogP contribution in [0.1, 0.15) is 4.88 Å². The van der Waals surface area contributed by atoms with Gasteiger partial charge in [0.2, 0.25) is 0 Å². The number of amides is 1. The van der Waals surface area contributed by atoms with Crippen LogP contribution in [0, 0.1) is 10.1 Å². The molecule has 0 spiro atoms. The van der Waals surface area contributed by atoms with Crippen molar-refractivity contribution in [3.63, 3.8) is 0 Å². The van der Waals surface area contributed by atoms with Crippen molar-refractivity contribution in [2.75, 3.05) is 6.61 Å². The summed E-state index contributed by atoms with van der Waals surface area (Å²) in [6.45, 7) is -0.180. The molecule has 0 aliphatic carbocycles. The molecular weight excluding hydrogens is 342 g/mol. The van der Waals surface area contributed by atoms with Crippen molar-refractivity contribution in [1.82, 2.24) is 5.43 Å². The number of carbonyl (C=O) groups excluding carboxylic acids is 1. The van der Waals surface area contributed by atoms with E-state index < -0.39 is 10.8 Å². The molecule has 0 saturated heterocycles. The number of hydrogen-bond acceptors (Lipinski definition) is 6. The van der Waals surface area contributed by atoms with Crippen LogP contribution in [0.5, 0.6) is 5.75 Å². The summed E-state index contributed by atoms with van der Waals surface area (Å²) in [5.74, 6) is 0.169. The van der Waals surface area contributed by atoms with Gasteiger partial charge >= 0.3 is 5.00 Å². The first-order valence-corrected chi connectivity index (χ1v) is 8.11. The molecule has 3 rings (SSSR count). The van der Waals surface area contributed by atoms with Crippen molar-refractivity contribution in [2.24, 2.45) is 5.10 Å². The third kappa shape index (κ3) is 4.39. The SMILES string of the molecule is O=C(COc1ccc2ccccc2c1)N/N=C\c1ccc([N+](=O)[O-])s1. The third-order valence-corrected chi connectivity index (χ3v) is 4.24. The lowest BCUT2D eigenvalue weighted by atomic mass is 10.1. The standard InChI is InChI=1S/C17H13N3O4S/c21-16(19-18-10-15-7-8-17(25-15)20(22)23)11-24-14-6-5-12-3-1-2-4-13(12)9-14/h1-10H,11H2,(H,19,21)/b18-10-. The Hall–Kier alpha value is -3.26. The molecule has 0 unspecified atom stereocenters. The van der Waals surface area contributed by atoms with Crippen molar-refractivity contribution >= 4 is 39.2 Å². The summed E-state index contributed by atoms with van der Waals surface area (Å²) >= 11 is 0.973. The fraction of sp³-hybridized carbons (Fsp3) is 0.0588. The maximum absolute atomic E-state index is 11.7. The molecule has 1 aromatic heterocycles. The number of thiophene rings is 1. The van der Waals surface area contributed by atoms with Gasteiger partial charge in [0.1, 0.15) is 5.75 Å². The van der Waals surface area contributed by atoms with Gasteiger partial charge in [-0.05, 0) is 29.0 Å². The summed E-state index contributed by atoms with van der Waals surface area (Å²) in [5, 5.41) is 16.5. The second-order valence-electron chi connectivity index (χ2n) is 5.02. The summed E-state index contributed by atoms with van der Waals surface area (Å²) in [7, 11) is 0. The molecule has 3 aromatic rings. The van der Waals surface area contributed by atoms with Crippen LogP contribution in [0.3, 0.4) is 0 Å². The van der Waals surface area contributed by atoms with Gasteiger partial charge in [0.25, 0.3) is 5.91 Å². The second-order valence-corrected chi connectivity index (χ2v) is 6.12. The minimum atomic E-state index is -0.474. The number of ether oxygens (including phenoxy) is 1.